The van der Waals surface area contributed by atoms with E-state index in [9.17, 15) is 10.2 Å². The second kappa shape index (κ2) is 35.7. The van der Waals surface area contributed by atoms with E-state index in [1.165, 1.54) is 0 Å². The normalized spacial score (nSPS) is 8.85. The average molecular weight is 664 g/mol. The minimum atomic E-state index is -1.25. The Morgan fingerprint density at radius 2 is 0.850 bits per heavy atom. The molecule has 16 heteroatoms. The first-order chi connectivity index (χ1) is 17.7. The number of para-hydroxylation sites is 2. The fourth-order valence-electron chi connectivity index (χ4n) is 1.65. The van der Waals surface area contributed by atoms with Crippen molar-refractivity contribution in [3.05, 3.63) is 69.5 Å². The van der Waals surface area contributed by atoms with E-state index in [4.69, 9.17) is 40.9 Å². The van der Waals surface area contributed by atoms with Crippen molar-refractivity contribution in [3.8, 4) is 11.5 Å². The Morgan fingerprint density at radius 3 is 1.02 bits per heavy atom. The summed E-state index contributed by atoms with van der Waals surface area (Å²) < 4.78 is 0. The maximum Gasteiger partial charge on any atom is 0.472 e. The summed E-state index contributed by atoms with van der Waals surface area (Å²) >= 11 is 0. The van der Waals surface area contributed by atoms with Crippen LogP contribution in [0.15, 0.2) is 58.5 Å². The Balaban J connectivity index is -0.0000000962. The fraction of sp³-hybridized carbons (Fsp3) is 0.417. The van der Waals surface area contributed by atoms with Gasteiger partial charge in [-0.05, 0) is 65.8 Å². The third kappa shape index (κ3) is 47.8. The summed E-state index contributed by atoms with van der Waals surface area (Å²) in [5.74, 6) is 0.559. The number of phenolic OH excluding ortho intramolecular Hbond substituents is 2. The van der Waals surface area contributed by atoms with Crippen molar-refractivity contribution in [2.45, 2.75) is 53.6 Å². The molecule has 8 N–H and O–H groups in total. The largest absolute Gasteiger partial charge is 0.507 e. The quantitative estimate of drug-likeness (QED) is 0.135. The number of rotatable bonds is 4. The van der Waals surface area contributed by atoms with Gasteiger partial charge in [0.05, 0.1) is 0 Å². The zero-order chi connectivity index (χ0) is 30.5. The maximum absolute atomic E-state index is 9.33. The number of benzene rings is 2. The van der Waals surface area contributed by atoms with Crippen molar-refractivity contribution >= 4 is 12.4 Å². The SMILES string of the molecule is CC(C)N=Cc1ccccc1O.CC(C)N=Cc1ccccc1O.CCO.CCO.O=[N+](O)O.O=[N+](O)O.[Ni].[Ni]. The molecule has 0 heterocycles. The molecule has 0 aliphatic carbocycles. The first-order valence-electron chi connectivity index (χ1n) is 11.2. The van der Waals surface area contributed by atoms with Crippen LogP contribution in [0, 0.1) is 9.81 Å². The van der Waals surface area contributed by atoms with Crippen LogP contribution in [0.3, 0.4) is 0 Å². The Kier molecular flexibility index (Phi) is 44.3. The van der Waals surface area contributed by atoms with Crippen LogP contribution in [-0.2, 0) is 33.0 Å². The molecular weight excluding hydrogens is 622 g/mol. The predicted octanol–water partition coefficient (Wildman–Crippen LogP) is 3.52. The Bertz CT molecular complexity index is 837. The van der Waals surface area contributed by atoms with Crippen molar-refractivity contribution < 1.29 is 84.4 Å². The summed E-state index contributed by atoms with van der Waals surface area (Å²) in [5, 5.41) is 58.9. The van der Waals surface area contributed by atoms with Crippen molar-refractivity contribution in [2.75, 3.05) is 13.2 Å². The molecule has 236 valence electrons. The first kappa shape index (κ1) is 49.6. The number of phenols is 2. The third-order valence-electron chi connectivity index (χ3n) is 2.90. The molecule has 0 radical (unpaired) electrons. The van der Waals surface area contributed by atoms with Crippen molar-refractivity contribution in [2.24, 2.45) is 9.98 Å². The van der Waals surface area contributed by atoms with E-state index >= 15 is 0 Å². The molecule has 0 aliphatic heterocycles. The van der Waals surface area contributed by atoms with Crippen molar-refractivity contribution in [3.63, 3.8) is 0 Å². The van der Waals surface area contributed by atoms with Gasteiger partial charge in [-0.15, -0.1) is 0 Å². The van der Waals surface area contributed by atoms with Crippen LogP contribution >= 0.6 is 0 Å². The molecule has 0 atom stereocenters. The maximum atomic E-state index is 9.33. The Labute approximate surface area is 254 Å². The first-order valence-corrected chi connectivity index (χ1v) is 11.2. The van der Waals surface area contributed by atoms with Crippen LogP contribution in [0.1, 0.15) is 52.7 Å². The van der Waals surface area contributed by atoms with E-state index in [1.54, 1.807) is 50.5 Å². The number of aliphatic hydroxyl groups excluding tert-OH is 2. The van der Waals surface area contributed by atoms with Gasteiger partial charge in [-0.2, -0.15) is 0 Å². The number of aliphatic hydroxyl groups is 2. The van der Waals surface area contributed by atoms with Gasteiger partial charge in [0.2, 0.25) is 0 Å². The molecule has 0 saturated heterocycles. The summed E-state index contributed by atoms with van der Waals surface area (Å²) in [6.45, 7) is 11.8. The number of nitrogens with zero attached hydrogens (tertiary/aromatic N) is 4. The van der Waals surface area contributed by atoms with E-state index in [-0.39, 0.29) is 69.8 Å². The van der Waals surface area contributed by atoms with Gasteiger partial charge >= 0.3 is 10.2 Å². The summed E-state index contributed by atoms with van der Waals surface area (Å²) in [5.41, 5.74) is 1.54. The van der Waals surface area contributed by atoms with Gasteiger partial charge in [0.1, 0.15) is 21.3 Å². The van der Waals surface area contributed by atoms with E-state index in [0.29, 0.717) is 0 Å². The van der Waals surface area contributed by atoms with Gasteiger partial charge in [-0.3, -0.25) is 9.98 Å². The van der Waals surface area contributed by atoms with Gasteiger partial charge in [0.25, 0.3) is 0 Å². The molecule has 2 aromatic carbocycles. The average Bonchev–Trinajstić information content (AvgIpc) is 2.79. The number of hydrogen-bond acceptors (Lipinski definition) is 8. The van der Waals surface area contributed by atoms with Crippen molar-refractivity contribution in [1.29, 1.82) is 0 Å². The number of aliphatic imine (C=N–C) groups is 2. The fourth-order valence-corrected chi connectivity index (χ4v) is 1.65. The molecule has 2 aromatic rings. The smallest absolute Gasteiger partial charge is 0.472 e. The van der Waals surface area contributed by atoms with Crippen LogP contribution in [0.25, 0.3) is 0 Å². The van der Waals surface area contributed by atoms with Crippen molar-refractivity contribution in [1.82, 2.24) is 0 Å². The molecule has 14 nitrogen and oxygen atoms in total. The summed E-state index contributed by atoms with van der Waals surface area (Å²) in [4.78, 5) is 25.3. The van der Waals surface area contributed by atoms with Crippen LogP contribution in [0.2, 0.25) is 0 Å². The molecule has 40 heavy (non-hydrogen) atoms. The van der Waals surface area contributed by atoms with E-state index in [1.807, 2.05) is 52.0 Å². The summed E-state index contributed by atoms with van der Waals surface area (Å²) in [6, 6.07) is 14.9. The molecule has 2 rings (SSSR count). The standard InChI is InChI=1S/2C10H13NO.2C2H6O.2H2NO3.2Ni/c2*1-8(2)11-7-9-5-3-4-6-10(9)12;2*1-2-3;2*2-1(3)4;;/h2*3-8,12H,1-2H3;2*3H,2H2,1H3;2*(H2,2,3,4);;/q;;;;2*+1;;. The van der Waals surface area contributed by atoms with Gasteiger partial charge in [0.15, 0.2) is 0 Å². The molecule has 0 aromatic heterocycles. The molecular formula is C24H42N4Ni2O10+2. The second-order valence-corrected chi connectivity index (χ2v) is 7.00. The third-order valence-corrected chi connectivity index (χ3v) is 2.90. The van der Waals surface area contributed by atoms with Crippen LogP contribution in [-0.4, -0.2) is 89.2 Å². The van der Waals surface area contributed by atoms with Gasteiger partial charge in [-0.1, -0.05) is 24.3 Å². The minimum absolute atomic E-state index is 0. The minimum Gasteiger partial charge on any atom is -0.507 e. The number of aromatic hydroxyl groups is 2. The van der Waals surface area contributed by atoms with Gasteiger partial charge in [-0.25, -0.2) is 20.8 Å². The number of hydrogen-bond donors (Lipinski definition) is 8. The van der Waals surface area contributed by atoms with E-state index in [0.717, 1.165) is 11.1 Å². The van der Waals surface area contributed by atoms with Gasteiger partial charge in [0, 0.05) is 81.8 Å². The molecule has 0 unspecified atom stereocenters. The monoisotopic (exact) mass is 662 g/mol. The Morgan fingerprint density at radius 1 is 0.650 bits per heavy atom. The van der Waals surface area contributed by atoms with E-state index < -0.39 is 10.2 Å². The van der Waals surface area contributed by atoms with Gasteiger partial charge < -0.3 is 20.4 Å². The molecule has 0 spiro atoms. The summed E-state index contributed by atoms with van der Waals surface area (Å²) in [6.07, 6.45) is 3.39. The van der Waals surface area contributed by atoms with Crippen LogP contribution in [0.5, 0.6) is 11.5 Å². The topological polar surface area (TPSA) is 227 Å². The van der Waals surface area contributed by atoms with Crippen LogP contribution in [0.4, 0.5) is 0 Å². The Hall–Kier alpha value is -3.31. The zero-order valence-corrected chi connectivity index (χ0v) is 25.1. The predicted molar refractivity (Wildman–Crippen MR) is 142 cm³/mol. The van der Waals surface area contributed by atoms with Crippen LogP contribution < -0.4 is 0 Å². The molecule has 0 bridgehead atoms. The second-order valence-electron chi connectivity index (χ2n) is 7.00. The summed E-state index contributed by atoms with van der Waals surface area (Å²) in [7, 11) is 0. The molecule has 0 aliphatic rings. The zero-order valence-electron chi connectivity index (χ0n) is 23.2. The molecule has 0 amide bonds. The molecule has 0 saturated carbocycles. The molecule has 0 fully saturated rings. The van der Waals surface area contributed by atoms with E-state index in [2.05, 4.69) is 9.98 Å².